The Bertz CT molecular complexity index is 310. The first-order valence-corrected chi connectivity index (χ1v) is 5.36. The van der Waals surface area contributed by atoms with Gasteiger partial charge < -0.3 is 5.73 Å². The molecule has 1 aromatic carbocycles. The largest absolute Gasteiger partial charge is 0.327 e. The zero-order valence-electron chi connectivity index (χ0n) is 8.26. The van der Waals surface area contributed by atoms with Crippen LogP contribution in [0.15, 0.2) is 30.3 Å². The van der Waals surface area contributed by atoms with Crippen molar-refractivity contribution in [3.8, 4) is 0 Å². The van der Waals surface area contributed by atoms with Gasteiger partial charge in [-0.05, 0) is 17.4 Å². The molecule has 0 spiro atoms. The van der Waals surface area contributed by atoms with Gasteiger partial charge in [0, 0.05) is 25.7 Å². The molecule has 0 bridgehead atoms. The molecule has 2 fully saturated rings. The Hall–Kier alpha value is -0.860. The molecule has 2 nitrogen and oxygen atoms in total. The fourth-order valence-corrected chi connectivity index (χ4v) is 2.63. The fraction of sp³-hybridized carbons (Fsp3) is 0.500. The van der Waals surface area contributed by atoms with Gasteiger partial charge in [-0.2, -0.15) is 0 Å². The molecule has 2 atom stereocenters. The average molecular weight is 188 g/mol. The van der Waals surface area contributed by atoms with Crippen molar-refractivity contribution >= 4 is 0 Å². The van der Waals surface area contributed by atoms with Gasteiger partial charge in [-0.3, -0.25) is 4.90 Å². The molecular formula is C12H16N2. The maximum absolute atomic E-state index is 5.90. The van der Waals surface area contributed by atoms with Gasteiger partial charge >= 0.3 is 0 Å². The maximum atomic E-state index is 5.90. The summed E-state index contributed by atoms with van der Waals surface area (Å²) in [5.74, 6) is 1.61. The zero-order chi connectivity index (χ0) is 9.54. The van der Waals surface area contributed by atoms with E-state index in [-0.39, 0.29) is 0 Å². The number of nitrogens with two attached hydrogens (primary N) is 1. The second-order valence-electron chi connectivity index (χ2n) is 4.58. The molecule has 0 amide bonds. The quantitative estimate of drug-likeness (QED) is 0.752. The van der Waals surface area contributed by atoms with E-state index >= 15 is 0 Å². The van der Waals surface area contributed by atoms with E-state index in [1.165, 1.54) is 18.7 Å². The SMILES string of the molecule is NC1C2CN(Cc3ccccc3)CC12. The minimum atomic E-state index is 0.516. The van der Waals surface area contributed by atoms with E-state index in [4.69, 9.17) is 5.73 Å². The highest BCUT2D eigenvalue weighted by Crippen LogP contribution is 2.44. The van der Waals surface area contributed by atoms with E-state index in [9.17, 15) is 0 Å². The Labute approximate surface area is 84.7 Å². The Kier molecular flexibility index (Phi) is 1.85. The summed E-state index contributed by atoms with van der Waals surface area (Å²) in [7, 11) is 0. The number of piperidine rings is 1. The lowest BCUT2D eigenvalue weighted by atomic mass is 10.2. The second kappa shape index (κ2) is 3.07. The highest BCUT2D eigenvalue weighted by molar-refractivity contribution is 5.16. The molecule has 1 saturated heterocycles. The normalized spacial score (nSPS) is 35.6. The monoisotopic (exact) mass is 188 g/mol. The summed E-state index contributed by atoms with van der Waals surface area (Å²) in [6.07, 6.45) is 0. The third-order valence-corrected chi connectivity index (χ3v) is 3.58. The minimum absolute atomic E-state index is 0.516. The molecule has 2 N–H and O–H groups in total. The lowest BCUT2D eigenvalue weighted by molar-refractivity contribution is 0.290. The molecule has 2 heteroatoms. The molecule has 74 valence electrons. The topological polar surface area (TPSA) is 29.3 Å². The van der Waals surface area contributed by atoms with Crippen molar-refractivity contribution in [2.75, 3.05) is 13.1 Å². The summed E-state index contributed by atoms with van der Waals surface area (Å²) >= 11 is 0. The predicted octanol–water partition coefficient (Wildman–Crippen LogP) is 1.08. The predicted molar refractivity (Wildman–Crippen MR) is 56.7 cm³/mol. The summed E-state index contributed by atoms with van der Waals surface area (Å²) in [6, 6.07) is 11.2. The summed E-state index contributed by atoms with van der Waals surface area (Å²) in [5.41, 5.74) is 7.32. The maximum Gasteiger partial charge on any atom is 0.0233 e. The summed E-state index contributed by atoms with van der Waals surface area (Å²) in [6.45, 7) is 3.52. The first-order chi connectivity index (χ1) is 6.84. The smallest absolute Gasteiger partial charge is 0.0233 e. The van der Waals surface area contributed by atoms with Crippen molar-refractivity contribution in [3.63, 3.8) is 0 Å². The number of benzene rings is 1. The number of hydrogen-bond donors (Lipinski definition) is 1. The molecule has 0 radical (unpaired) electrons. The van der Waals surface area contributed by atoms with Crippen molar-refractivity contribution in [2.24, 2.45) is 17.6 Å². The lowest BCUT2D eigenvalue weighted by Gasteiger charge is -2.18. The lowest BCUT2D eigenvalue weighted by Crippen LogP contribution is -2.27. The average Bonchev–Trinajstić information content (AvgIpc) is 2.65. The summed E-state index contributed by atoms with van der Waals surface area (Å²) in [4.78, 5) is 2.52. The van der Waals surface area contributed by atoms with Crippen LogP contribution in [-0.4, -0.2) is 24.0 Å². The van der Waals surface area contributed by atoms with E-state index in [2.05, 4.69) is 35.2 Å². The van der Waals surface area contributed by atoms with Gasteiger partial charge in [-0.25, -0.2) is 0 Å². The zero-order valence-corrected chi connectivity index (χ0v) is 8.26. The molecule has 0 aromatic heterocycles. The number of fused-ring (bicyclic) bond motifs is 1. The Morgan fingerprint density at radius 3 is 2.43 bits per heavy atom. The van der Waals surface area contributed by atoms with Gasteiger partial charge in [0.1, 0.15) is 0 Å². The van der Waals surface area contributed by atoms with Gasteiger partial charge in [0.05, 0.1) is 0 Å². The molecule has 2 unspecified atom stereocenters. The minimum Gasteiger partial charge on any atom is -0.327 e. The molecule has 1 saturated carbocycles. The van der Waals surface area contributed by atoms with Crippen LogP contribution in [0.5, 0.6) is 0 Å². The summed E-state index contributed by atoms with van der Waals surface area (Å²) in [5, 5.41) is 0. The van der Waals surface area contributed by atoms with Crippen LogP contribution in [0.1, 0.15) is 5.56 Å². The van der Waals surface area contributed by atoms with Crippen LogP contribution >= 0.6 is 0 Å². The Morgan fingerprint density at radius 1 is 1.14 bits per heavy atom. The first kappa shape index (κ1) is 8.45. The van der Waals surface area contributed by atoms with Gasteiger partial charge in [0.2, 0.25) is 0 Å². The van der Waals surface area contributed by atoms with Crippen LogP contribution in [-0.2, 0) is 6.54 Å². The highest BCUT2D eigenvalue weighted by Gasteiger charge is 2.53. The van der Waals surface area contributed by atoms with Crippen LogP contribution in [0.4, 0.5) is 0 Å². The number of rotatable bonds is 2. The Morgan fingerprint density at radius 2 is 1.79 bits per heavy atom. The molecule has 1 aliphatic carbocycles. The number of hydrogen-bond acceptors (Lipinski definition) is 2. The molecule has 2 aliphatic rings. The molecule has 14 heavy (non-hydrogen) atoms. The van der Waals surface area contributed by atoms with Gasteiger partial charge in [0.25, 0.3) is 0 Å². The highest BCUT2D eigenvalue weighted by atomic mass is 15.2. The van der Waals surface area contributed by atoms with Crippen LogP contribution < -0.4 is 5.73 Å². The molecule has 3 rings (SSSR count). The third-order valence-electron chi connectivity index (χ3n) is 3.58. The van der Waals surface area contributed by atoms with Crippen LogP contribution in [0.25, 0.3) is 0 Å². The molecule has 1 heterocycles. The van der Waals surface area contributed by atoms with E-state index in [1.807, 2.05) is 0 Å². The Balaban J connectivity index is 1.60. The second-order valence-corrected chi connectivity index (χ2v) is 4.58. The summed E-state index contributed by atoms with van der Waals surface area (Å²) < 4.78 is 0. The fourth-order valence-electron chi connectivity index (χ4n) is 2.63. The molecule has 1 aromatic rings. The van der Waals surface area contributed by atoms with Gasteiger partial charge in [-0.1, -0.05) is 30.3 Å². The van der Waals surface area contributed by atoms with E-state index in [1.54, 1.807) is 0 Å². The van der Waals surface area contributed by atoms with Gasteiger partial charge in [-0.15, -0.1) is 0 Å². The van der Waals surface area contributed by atoms with Crippen molar-refractivity contribution in [1.82, 2.24) is 4.90 Å². The van der Waals surface area contributed by atoms with Crippen molar-refractivity contribution < 1.29 is 0 Å². The van der Waals surface area contributed by atoms with Crippen LogP contribution in [0.2, 0.25) is 0 Å². The number of nitrogens with zero attached hydrogens (tertiary/aromatic N) is 1. The molecule has 1 aliphatic heterocycles. The standard InChI is InChI=1S/C12H16N2/c13-12-10-7-14(8-11(10)12)6-9-4-2-1-3-5-9/h1-5,10-12H,6-8,13H2. The van der Waals surface area contributed by atoms with Crippen molar-refractivity contribution in [1.29, 1.82) is 0 Å². The van der Waals surface area contributed by atoms with Crippen molar-refractivity contribution in [3.05, 3.63) is 35.9 Å². The number of likely N-dealkylation sites (tertiary alicyclic amines) is 1. The van der Waals surface area contributed by atoms with Gasteiger partial charge in [0.15, 0.2) is 0 Å². The molecular weight excluding hydrogens is 172 g/mol. The van der Waals surface area contributed by atoms with E-state index in [0.717, 1.165) is 18.4 Å². The third kappa shape index (κ3) is 1.35. The van der Waals surface area contributed by atoms with Crippen molar-refractivity contribution in [2.45, 2.75) is 12.6 Å². The first-order valence-electron chi connectivity index (χ1n) is 5.36. The van der Waals surface area contributed by atoms with E-state index in [0.29, 0.717) is 6.04 Å². The van der Waals surface area contributed by atoms with E-state index < -0.39 is 0 Å². The van der Waals surface area contributed by atoms with Crippen LogP contribution in [0, 0.1) is 11.8 Å². The van der Waals surface area contributed by atoms with Crippen LogP contribution in [0.3, 0.4) is 0 Å².